The molecular formula is C13H16F2N2O3. The van der Waals surface area contributed by atoms with Gasteiger partial charge >= 0.3 is 5.69 Å². The highest BCUT2D eigenvalue weighted by Crippen LogP contribution is 2.46. The molecule has 1 fully saturated rings. The van der Waals surface area contributed by atoms with Crippen LogP contribution in [0.3, 0.4) is 0 Å². The summed E-state index contributed by atoms with van der Waals surface area (Å²) < 4.78 is 31.5. The van der Waals surface area contributed by atoms with Gasteiger partial charge in [0.1, 0.15) is 0 Å². The lowest BCUT2D eigenvalue weighted by atomic mass is 9.75. The van der Waals surface area contributed by atoms with Gasteiger partial charge in [-0.15, -0.1) is 0 Å². The third-order valence-corrected chi connectivity index (χ3v) is 3.81. The Morgan fingerprint density at radius 1 is 1.30 bits per heavy atom. The number of halogens is 2. The van der Waals surface area contributed by atoms with Crippen LogP contribution in [-0.2, 0) is 5.54 Å². The SMILES string of the molecule is COc1cccc(C2(N)CCC(F)(F)CC2)c1[N+](=O)[O-]. The second-order valence-electron chi connectivity index (χ2n) is 5.13. The number of benzene rings is 1. The van der Waals surface area contributed by atoms with Crippen molar-refractivity contribution in [3.05, 3.63) is 33.9 Å². The summed E-state index contributed by atoms with van der Waals surface area (Å²) in [5.74, 6) is -2.65. The monoisotopic (exact) mass is 286 g/mol. The lowest BCUT2D eigenvalue weighted by Gasteiger charge is -2.37. The first-order valence-electron chi connectivity index (χ1n) is 6.28. The van der Waals surface area contributed by atoms with Gasteiger partial charge in [-0.25, -0.2) is 8.78 Å². The first-order chi connectivity index (χ1) is 9.29. The van der Waals surface area contributed by atoms with E-state index in [2.05, 4.69) is 0 Å². The van der Waals surface area contributed by atoms with E-state index in [-0.39, 0.29) is 42.7 Å². The Morgan fingerprint density at radius 3 is 2.40 bits per heavy atom. The number of hydrogen-bond acceptors (Lipinski definition) is 4. The maximum atomic E-state index is 13.3. The number of nitro groups is 1. The Morgan fingerprint density at radius 2 is 1.90 bits per heavy atom. The highest BCUT2D eigenvalue weighted by atomic mass is 19.3. The van der Waals surface area contributed by atoms with Crippen LogP contribution >= 0.6 is 0 Å². The smallest absolute Gasteiger partial charge is 0.315 e. The predicted molar refractivity (Wildman–Crippen MR) is 68.9 cm³/mol. The van der Waals surface area contributed by atoms with Gasteiger partial charge in [-0.3, -0.25) is 10.1 Å². The van der Waals surface area contributed by atoms with Gasteiger partial charge in [-0.1, -0.05) is 12.1 Å². The minimum atomic E-state index is -2.74. The molecular weight excluding hydrogens is 270 g/mol. The fourth-order valence-corrected chi connectivity index (χ4v) is 2.61. The van der Waals surface area contributed by atoms with Crippen molar-refractivity contribution in [1.29, 1.82) is 0 Å². The molecule has 110 valence electrons. The van der Waals surface area contributed by atoms with E-state index in [4.69, 9.17) is 10.5 Å². The van der Waals surface area contributed by atoms with Crippen LogP contribution in [0.4, 0.5) is 14.5 Å². The van der Waals surface area contributed by atoms with Crippen molar-refractivity contribution >= 4 is 5.69 Å². The molecule has 0 spiro atoms. The van der Waals surface area contributed by atoms with Gasteiger partial charge < -0.3 is 10.5 Å². The summed E-state index contributed by atoms with van der Waals surface area (Å²) in [4.78, 5) is 10.7. The zero-order chi connectivity index (χ0) is 15.0. The molecule has 0 amide bonds. The molecule has 0 aliphatic heterocycles. The van der Waals surface area contributed by atoms with Gasteiger partial charge in [-0.2, -0.15) is 0 Å². The van der Waals surface area contributed by atoms with Crippen LogP contribution in [0.2, 0.25) is 0 Å². The maximum absolute atomic E-state index is 13.3. The number of nitrogens with two attached hydrogens (primary N) is 1. The molecule has 0 radical (unpaired) electrons. The molecule has 5 nitrogen and oxygen atoms in total. The van der Waals surface area contributed by atoms with E-state index >= 15 is 0 Å². The molecule has 0 unspecified atom stereocenters. The van der Waals surface area contributed by atoms with Gasteiger partial charge in [0.25, 0.3) is 0 Å². The first kappa shape index (κ1) is 14.6. The van der Waals surface area contributed by atoms with Crippen molar-refractivity contribution in [2.24, 2.45) is 5.73 Å². The lowest BCUT2D eigenvalue weighted by molar-refractivity contribution is -0.387. The van der Waals surface area contributed by atoms with Crippen LogP contribution in [0.25, 0.3) is 0 Å². The quantitative estimate of drug-likeness (QED) is 0.684. The molecule has 0 bridgehead atoms. The van der Waals surface area contributed by atoms with Gasteiger partial charge in [0.05, 0.1) is 17.6 Å². The summed E-state index contributed by atoms with van der Waals surface area (Å²) in [6.07, 6.45) is -0.711. The maximum Gasteiger partial charge on any atom is 0.315 e. The summed E-state index contributed by atoms with van der Waals surface area (Å²) >= 11 is 0. The van der Waals surface area contributed by atoms with Crippen molar-refractivity contribution in [1.82, 2.24) is 0 Å². The van der Waals surface area contributed by atoms with E-state index in [1.807, 2.05) is 0 Å². The molecule has 2 rings (SSSR count). The van der Waals surface area contributed by atoms with Crippen molar-refractivity contribution in [3.8, 4) is 5.75 Å². The Labute approximate surface area is 114 Å². The van der Waals surface area contributed by atoms with Crippen LogP contribution in [-0.4, -0.2) is 18.0 Å². The van der Waals surface area contributed by atoms with Crippen LogP contribution in [0.5, 0.6) is 5.75 Å². The second kappa shape index (κ2) is 4.97. The number of rotatable bonds is 3. The molecule has 0 atom stereocenters. The third-order valence-electron chi connectivity index (χ3n) is 3.81. The summed E-state index contributed by atoms with van der Waals surface area (Å²) in [7, 11) is 1.32. The molecule has 2 N–H and O–H groups in total. The van der Waals surface area contributed by atoms with Crippen molar-refractivity contribution in [2.45, 2.75) is 37.1 Å². The van der Waals surface area contributed by atoms with Crippen LogP contribution < -0.4 is 10.5 Å². The summed E-state index contributed by atoms with van der Waals surface area (Å²) in [5, 5.41) is 11.2. The minimum Gasteiger partial charge on any atom is -0.490 e. The Balaban J connectivity index is 2.45. The zero-order valence-electron chi connectivity index (χ0n) is 11.1. The van der Waals surface area contributed by atoms with E-state index in [1.54, 1.807) is 6.07 Å². The largest absolute Gasteiger partial charge is 0.490 e. The van der Waals surface area contributed by atoms with Crippen LogP contribution in [0.15, 0.2) is 18.2 Å². The predicted octanol–water partition coefficient (Wildman–Crippen LogP) is 2.97. The topological polar surface area (TPSA) is 78.4 Å². The number of ether oxygens (including phenoxy) is 1. The molecule has 1 saturated carbocycles. The van der Waals surface area contributed by atoms with Gasteiger partial charge in [-0.05, 0) is 18.9 Å². The van der Waals surface area contributed by atoms with E-state index in [9.17, 15) is 18.9 Å². The third kappa shape index (κ3) is 2.58. The fraction of sp³-hybridized carbons (Fsp3) is 0.538. The normalized spacial score (nSPS) is 20.4. The number of nitrogens with zero attached hydrogens (tertiary/aromatic N) is 1. The Bertz CT molecular complexity index is 524. The average Bonchev–Trinajstić information content (AvgIpc) is 2.41. The summed E-state index contributed by atoms with van der Waals surface area (Å²) in [6, 6.07) is 4.56. The van der Waals surface area contributed by atoms with Crippen molar-refractivity contribution < 1.29 is 18.4 Å². The molecule has 0 heterocycles. The minimum absolute atomic E-state index is 0.00794. The second-order valence-corrected chi connectivity index (χ2v) is 5.13. The number of alkyl halides is 2. The zero-order valence-corrected chi connectivity index (χ0v) is 11.1. The standard InChI is InChI=1S/C13H16F2N2O3/c1-20-10-4-2-3-9(11(10)17(18)19)12(16)5-7-13(14,15)8-6-12/h2-4H,5-8,16H2,1H3. The van der Waals surface area contributed by atoms with E-state index in [1.165, 1.54) is 19.2 Å². The number of para-hydroxylation sites is 1. The van der Waals surface area contributed by atoms with Crippen molar-refractivity contribution in [3.63, 3.8) is 0 Å². The van der Waals surface area contributed by atoms with Gasteiger partial charge in [0, 0.05) is 18.4 Å². The molecule has 0 aromatic heterocycles. The Hall–Kier alpha value is -1.76. The number of methoxy groups -OCH3 is 1. The summed E-state index contributed by atoms with van der Waals surface area (Å²) in [5.41, 5.74) is 5.09. The first-order valence-corrected chi connectivity index (χ1v) is 6.28. The average molecular weight is 286 g/mol. The van der Waals surface area contributed by atoms with E-state index in [0.29, 0.717) is 0 Å². The molecule has 20 heavy (non-hydrogen) atoms. The van der Waals surface area contributed by atoms with Gasteiger partial charge in [0.15, 0.2) is 5.75 Å². The highest BCUT2D eigenvalue weighted by Gasteiger charge is 2.45. The lowest BCUT2D eigenvalue weighted by Crippen LogP contribution is -2.43. The highest BCUT2D eigenvalue weighted by molar-refractivity contribution is 5.55. The van der Waals surface area contributed by atoms with Gasteiger partial charge in [0.2, 0.25) is 5.92 Å². The van der Waals surface area contributed by atoms with E-state index in [0.717, 1.165) is 0 Å². The fourth-order valence-electron chi connectivity index (χ4n) is 2.61. The van der Waals surface area contributed by atoms with E-state index < -0.39 is 16.4 Å². The van der Waals surface area contributed by atoms with Crippen LogP contribution in [0.1, 0.15) is 31.2 Å². The molecule has 1 aromatic rings. The van der Waals surface area contributed by atoms with Crippen LogP contribution in [0, 0.1) is 10.1 Å². The number of hydrogen-bond donors (Lipinski definition) is 1. The molecule has 1 aromatic carbocycles. The Kier molecular flexibility index (Phi) is 3.64. The van der Waals surface area contributed by atoms with Crippen molar-refractivity contribution in [2.75, 3.05) is 7.11 Å². The molecule has 1 aliphatic carbocycles. The summed E-state index contributed by atoms with van der Waals surface area (Å²) in [6.45, 7) is 0. The number of nitro benzene ring substituents is 1. The molecule has 7 heteroatoms. The molecule has 1 aliphatic rings. The molecule has 0 saturated heterocycles.